The average molecular weight is 458 g/mol. The van der Waals surface area contributed by atoms with Crippen molar-refractivity contribution < 1.29 is 13.2 Å². The number of carbonyl (C=O) groups is 1. The standard InChI is InChI=1S/C23H27N3O3S2/c1-6-13-26-20-14-16(4)17(5)15-21(20)30-23(26)24-22(27)18-9-11-19(12-10-18)31(28,29)25(7-2)8-3/h6,9-12,14-15H,1,7-8,13H2,2-5H3. The maximum atomic E-state index is 12.8. The number of allylic oxidation sites excluding steroid dienone is 1. The number of amides is 1. The van der Waals surface area contributed by atoms with Gasteiger partial charge in [0.25, 0.3) is 5.91 Å². The first-order chi connectivity index (χ1) is 14.7. The Morgan fingerprint density at radius 2 is 1.74 bits per heavy atom. The summed E-state index contributed by atoms with van der Waals surface area (Å²) in [5.74, 6) is -0.412. The Labute approximate surface area is 187 Å². The van der Waals surface area contributed by atoms with Crippen LogP contribution in [0.3, 0.4) is 0 Å². The number of hydrogen-bond acceptors (Lipinski definition) is 4. The Morgan fingerprint density at radius 1 is 1.13 bits per heavy atom. The molecule has 8 heteroatoms. The molecule has 1 heterocycles. The molecule has 164 valence electrons. The van der Waals surface area contributed by atoms with E-state index in [1.165, 1.54) is 51.0 Å². The molecule has 0 bridgehead atoms. The van der Waals surface area contributed by atoms with Gasteiger partial charge in [-0.1, -0.05) is 31.3 Å². The van der Waals surface area contributed by atoms with Gasteiger partial charge in [0, 0.05) is 25.2 Å². The van der Waals surface area contributed by atoms with Crippen molar-refractivity contribution in [2.45, 2.75) is 39.1 Å². The average Bonchev–Trinajstić information content (AvgIpc) is 3.05. The van der Waals surface area contributed by atoms with E-state index in [1.54, 1.807) is 19.9 Å². The summed E-state index contributed by atoms with van der Waals surface area (Å²) in [4.78, 5) is 17.9. The van der Waals surface area contributed by atoms with Crippen LogP contribution in [0.1, 0.15) is 35.3 Å². The smallest absolute Gasteiger partial charge is 0.279 e. The molecule has 0 N–H and O–H groups in total. The molecule has 3 rings (SSSR count). The van der Waals surface area contributed by atoms with E-state index in [4.69, 9.17) is 0 Å². The molecule has 0 saturated heterocycles. The Kier molecular flexibility index (Phi) is 6.93. The van der Waals surface area contributed by atoms with Gasteiger partial charge in [-0.2, -0.15) is 9.30 Å². The summed E-state index contributed by atoms with van der Waals surface area (Å²) in [7, 11) is -3.56. The summed E-state index contributed by atoms with van der Waals surface area (Å²) in [5.41, 5.74) is 3.71. The van der Waals surface area contributed by atoms with Crippen LogP contribution in [-0.2, 0) is 16.6 Å². The van der Waals surface area contributed by atoms with Crippen LogP contribution in [0.4, 0.5) is 0 Å². The largest absolute Gasteiger partial charge is 0.312 e. The molecular formula is C23H27N3O3S2. The predicted octanol–water partition coefficient (Wildman–Crippen LogP) is 4.28. The van der Waals surface area contributed by atoms with E-state index < -0.39 is 15.9 Å². The van der Waals surface area contributed by atoms with Crippen LogP contribution < -0.4 is 4.80 Å². The van der Waals surface area contributed by atoms with Crippen molar-refractivity contribution in [1.82, 2.24) is 8.87 Å². The SMILES string of the molecule is C=CCn1c(=NC(=O)c2ccc(S(=O)(=O)N(CC)CC)cc2)sc2cc(C)c(C)cc21. The summed E-state index contributed by atoms with van der Waals surface area (Å²) < 4.78 is 29.7. The molecule has 0 unspecified atom stereocenters. The fourth-order valence-electron chi connectivity index (χ4n) is 3.35. The summed E-state index contributed by atoms with van der Waals surface area (Å²) >= 11 is 1.45. The second-order valence-corrected chi connectivity index (χ2v) is 10.2. The summed E-state index contributed by atoms with van der Waals surface area (Å²) in [6, 6.07) is 10.2. The first-order valence-corrected chi connectivity index (χ1v) is 12.4. The monoisotopic (exact) mass is 457 g/mol. The highest BCUT2D eigenvalue weighted by Crippen LogP contribution is 2.22. The highest BCUT2D eigenvalue weighted by molar-refractivity contribution is 7.89. The predicted molar refractivity (Wildman–Crippen MR) is 126 cm³/mol. The van der Waals surface area contributed by atoms with Gasteiger partial charge in [0.2, 0.25) is 10.0 Å². The lowest BCUT2D eigenvalue weighted by Gasteiger charge is -2.18. The van der Waals surface area contributed by atoms with Gasteiger partial charge < -0.3 is 4.57 Å². The van der Waals surface area contributed by atoms with E-state index in [1.807, 2.05) is 4.57 Å². The maximum Gasteiger partial charge on any atom is 0.279 e. The van der Waals surface area contributed by atoms with E-state index in [-0.39, 0.29) is 4.90 Å². The molecule has 0 saturated carbocycles. The molecule has 1 aromatic heterocycles. The van der Waals surface area contributed by atoms with Gasteiger partial charge in [0.15, 0.2) is 4.80 Å². The molecule has 31 heavy (non-hydrogen) atoms. The fraction of sp³-hybridized carbons (Fsp3) is 0.304. The van der Waals surface area contributed by atoms with E-state index in [9.17, 15) is 13.2 Å². The number of rotatable bonds is 7. The molecular weight excluding hydrogens is 430 g/mol. The van der Waals surface area contributed by atoms with Crippen LogP contribution in [0.15, 0.2) is 58.9 Å². The van der Waals surface area contributed by atoms with Crippen molar-refractivity contribution in [3.8, 4) is 0 Å². The van der Waals surface area contributed by atoms with Gasteiger partial charge >= 0.3 is 0 Å². The Balaban J connectivity index is 2.01. The molecule has 0 atom stereocenters. The third kappa shape index (κ3) is 4.56. The number of hydrogen-bond donors (Lipinski definition) is 0. The number of aryl methyl sites for hydroxylation is 2. The van der Waals surface area contributed by atoms with Crippen molar-refractivity contribution in [2.75, 3.05) is 13.1 Å². The lowest BCUT2D eigenvalue weighted by Crippen LogP contribution is -2.30. The zero-order valence-electron chi connectivity index (χ0n) is 18.3. The first kappa shape index (κ1) is 23.1. The highest BCUT2D eigenvalue weighted by atomic mass is 32.2. The minimum Gasteiger partial charge on any atom is -0.312 e. The van der Waals surface area contributed by atoms with E-state index in [0.717, 1.165) is 10.2 Å². The van der Waals surface area contributed by atoms with Crippen molar-refractivity contribution in [1.29, 1.82) is 0 Å². The molecule has 2 aromatic carbocycles. The van der Waals surface area contributed by atoms with Gasteiger partial charge in [0.1, 0.15) is 0 Å². The van der Waals surface area contributed by atoms with Gasteiger partial charge in [0.05, 0.1) is 15.1 Å². The summed E-state index contributed by atoms with van der Waals surface area (Å²) in [6.07, 6.45) is 1.78. The van der Waals surface area contributed by atoms with Crippen LogP contribution >= 0.6 is 11.3 Å². The zero-order chi connectivity index (χ0) is 22.8. The molecule has 0 aliphatic rings. The second kappa shape index (κ2) is 9.30. The first-order valence-electron chi connectivity index (χ1n) is 10.1. The van der Waals surface area contributed by atoms with E-state index >= 15 is 0 Å². The van der Waals surface area contributed by atoms with Crippen LogP contribution in [0.25, 0.3) is 10.2 Å². The summed E-state index contributed by atoms with van der Waals surface area (Å²) in [6.45, 7) is 12.8. The van der Waals surface area contributed by atoms with E-state index in [2.05, 4.69) is 37.6 Å². The molecule has 6 nitrogen and oxygen atoms in total. The number of nitrogens with zero attached hydrogens (tertiary/aromatic N) is 3. The van der Waals surface area contributed by atoms with Crippen LogP contribution in [0, 0.1) is 13.8 Å². The van der Waals surface area contributed by atoms with Gasteiger partial charge in [-0.15, -0.1) is 6.58 Å². The number of aromatic nitrogens is 1. The quantitative estimate of drug-likeness (QED) is 0.497. The number of benzene rings is 2. The molecule has 0 aliphatic carbocycles. The van der Waals surface area contributed by atoms with Gasteiger partial charge in [-0.25, -0.2) is 8.42 Å². The molecule has 3 aromatic rings. The Hall–Kier alpha value is -2.55. The van der Waals surface area contributed by atoms with E-state index in [0.29, 0.717) is 30.0 Å². The van der Waals surface area contributed by atoms with Crippen molar-refractivity contribution >= 4 is 37.5 Å². The molecule has 0 spiro atoms. The second-order valence-electron chi connectivity index (χ2n) is 7.22. The Morgan fingerprint density at radius 3 is 2.32 bits per heavy atom. The third-order valence-electron chi connectivity index (χ3n) is 5.25. The topological polar surface area (TPSA) is 71.7 Å². The number of carbonyl (C=O) groups excluding carboxylic acids is 1. The van der Waals surface area contributed by atoms with Crippen LogP contribution in [-0.4, -0.2) is 36.3 Å². The minimum atomic E-state index is -3.56. The Bertz CT molecular complexity index is 1300. The summed E-state index contributed by atoms with van der Waals surface area (Å²) in [5, 5.41) is 0. The molecule has 1 amide bonds. The van der Waals surface area contributed by atoms with Crippen molar-refractivity contribution in [3.05, 3.63) is 70.5 Å². The third-order valence-corrected chi connectivity index (χ3v) is 8.36. The molecule has 0 fully saturated rings. The minimum absolute atomic E-state index is 0.169. The van der Waals surface area contributed by atoms with Gasteiger partial charge in [-0.05, 0) is 61.4 Å². The molecule has 0 radical (unpaired) electrons. The van der Waals surface area contributed by atoms with Gasteiger partial charge in [-0.3, -0.25) is 4.79 Å². The van der Waals surface area contributed by atoms with Crippen molar-refractivity contribution in [3.63, 3.8) is 0 Å². The number of sulfonamides is 1. The van der Waals surface area contributed by atoms with Crippen LogP contribution in [0.2, 0.25) is 0 Å². The fourth-order valence-corrected chi connectivity index (χ4v) is 5.92. The zero-order valence-corrected chi connectivity index (χ0v) is 19.9. The normalized spacial score (nSPS) is 12.6. The lowest BCUT2D eigenvalue weighted by molar-refractivity contribution is 0.0997. The molecule has 0 aliphatic heterocycles. The van der Waals surface area contributed by atoms with Crippen molar-refractivity contribution in [2.24, 2.45) is 4.99 Å². The lowest BCUT2D eigenvalue weighted by atomic mass is 10.1. The highest BCUT2D eigenvalue weighted by Gasteiger charge is 2.21. The maximum absolute atomic E-state index is 12.8. The number of fused-ring (bicyclic) bond motifs is 1. The van der Waals surface area contributed by atoms with Crippen LogP contribution in [0.5, 0.6) is 0 Å². The number of thiazole rings is 1.